The van der Waals surface area contributed by atoms with E-state index in [2.05, 4.69) is 15.0 Å². The molecule has 2 aromatic heterocycles. The molecule has 7 nitrogen and oxygen atoms in total. The van der Waals surface area contributed by atoms with E-state index in [9.17, 15) is 4.79 Å². The van der Waals surface area contributed by atoms with Crippen LogP contribution in [-0.2, 0) is 4.74 Å². The van der Waals surface area contributed by atoms with Crippen molar-refractivity contribution < 1.29 is 14.3 Å². The van der Waals surface area contributed by atoms with Crippen LogP contribution >= 0.6 is 0 Å². The largest absolute Gasteiger partial charge is 0.473 e. The first-order chi connectivity index (χ1) is 12.1. The number of aryl methyl sites for hydroxylation is 1. The zero-order chi connectivity index (χ0) is 17.3. The average Bonchev–Trinajstić information content (AvgIpc) is 2.61. The van der Waals surface area contributed by atoms with E-state index in [0.29, 0.717) is 31.1 Å². The molecule has 2 aromatic rings. The highest BCUT2D eigenvalue weighted by atomic mass is 16.5. The summed E-state index contributed by atoms with van der Waals surface area (Å²) in [4.78, 5) is 26.7. The van der Waals surface area contributed by atoms with Crippen LogP contribution in [0.1, 0.15) is 28.9 Å². The Hall–Kier alpha value is -2.54. The van der Waals surface area contributed by atoms with Crippen molar-refractivity contribution in [3.8, 4) is 5.88 Å². The quantitative estimate of drug-likeness (QED) is 0.845. The summed E-state index contributed by atoms with van der Waals surface area (Å²) in [5.41, 5.74) is 1.21. The molecule has 2 aliphatic rings. The maximum absolute atomic E-state index is 12.5. The first kappa shape index (κ1) is 16.0. The molecule has 1 spiro atoms. The predicted molar refractivity (Wildman–Crippen MR) is 89.2 cm³/mol. The second-order valence-corrected chi connectivity index (χ2v) is 6.66. The number of nitrogens with zero attached hydrogens (tertiary/aromatic N) is 4. The van der Waals surface area contributed by atoms with Gasteiger partial charge in [0, 0.05) is 37.1 Å². The van der Waals surface area contributed by atoms with E-state index in [1.165, 1.54) is 0 Å². The normalized spacial score (nSPS) is 21.6. The third-order valence-corrected chi connectivity index (χ3v) is 4.68. The van der Waals surface area contributed by atoms with Gasteiger partial charge >= 0.3 is 0 Å². The van der Waals surface area contributed by atoms with Gasteiger partial charge in [-0.05, 0) is 19.1 Å². The Balaban J connectivity index is 1.36. The maximum Gasteiger partial charge on any atom is 0.255 e. The molecule has 0 aromatic carbocycles. The van der Waals surface area contributed by atoms with Crippen molar-refractivity contribution in [1.29, 1.82) is 0 Å². The van der Waals surface area contributed by atoms with Gasteiger partial charge in [-0.1, -0.05) is 0 Å². The lowest BCUT2D eigenvalue weighted by molar-refractivity contribution is -0.174. The van der Waals surface area contributed by atoms with Crippen molar-refractivity contribution in [2.75, 3.05) is 19.7 Å². The topological polar surface area (TPSA) is 77.4 Å². The minimum Gasteiger partial charge on any atom is -0.473 e. The van der Waals surface area contributed by atoms with Gasteiger partial charge in [-0.3, -0.25) is 14.8 Å². The Morgan fingerprint density at radius 3 is 2.88 bits per heavy atom. The van der Waals surface area contributed by atoms with Gasteiger partial charge in [-0.2, -0.15) is 0 Å². The number of hydrogen-bond acceptors (Lipinski definition) is 6. The number of amides is 1. The zero-order valence-electron chi connectivity index (χ0n) is 14.1. The smallest absolute Gasteiger partial charge is 0.255 e. The van der Waals surface area contributed by atoms with Gasteiger partial charge in [0.1, 0.15) is 11.7 Å². The van der Waals surface area contributed by atoms with E-state index in [1.807, 2.05) is 19.1 Å². The van der Waals surface area contributed by atoms with E-state index in [4.69, 9.17) is 9.47 Å². The van der Waals surface area contributed by atoms with Crippen LogP contribution in [0.3, 0.4) is 0 Å². The van der Waals surface area contributed by atoms with E-state index in [0.717, 1.165) is 18.5 Å². The molecule has 0 unspecified atom stereocenters. The number of hydrogen-bond donors (Lipinski definition) is 0. The van der Waals surface area contributed by atoms with Gasteiger partial charge in [0.15, 0.2) is 0 Å². The van der Waals surface area contributed by atoms with Crippen molar-refractivity contribution in [1.82, 2.24) is 19.9 Å². The Kier molecular flexibility index (Phi) is 4.09. The summed E-state index contributed by atoms with van der Waals surface area (Å²) in [6, 6.07) is 3.67. The first-order valence-corrected chi connectivity index (χ1v) is 8.42. The van der Waals surface area contributed by atoms with Crippen molar-refractivity contribution in [2.45, 2.75) is 31.5 Å². The van der Waals surface area contributed by atoms with Crippen LogP contribution < -0.4 is 4.74 Å². The Morgan fingerprint density at radius 1 is 1.28 bits per heavy atom. The van der Waals surface area contributed by atoms with Crippen LogP contribution in [0, 0.1) is 6.92 Å². The summed E-state index contributed by atoms with van der Waals surface area (Å²) in [6.45, 7) is 3.69. The van der Waals surface area contributed by atoms with Crippen LogP contribution in [0.5, 0.6) is 5.88 Å². The Morgan fingerprint density at radius 2 is 2.16 bits per heavy atom. The summed E-state index contributed by atoms with van der Waals surface area (Å²) < 4.78 is 11.9. The molecule has 0 N–H and O–H groups in total. The van der Waals surface area contributed by atoms with Crippen molar-refractivity contribution in [3.05, 3.63) is 48.2 Å². The fourth-order valence-electron chi connectivity index (χ4n) is 3.39. The summed E-state index contributed by atoms with van der Waals surface area (Å²) in [7, 11) is 0. The van der Waals surface area contributed by atoms with Gasteiger partial charge in [0.25, 0.3) is 5.91 Å². The minimum atomic E-state index is -0.307. The van der Waals surface area contributed by atoms with E-state index >= 15 is 0 Å². The highest BCUT2D eigenvalue weighted by Crippen LogP contribution is 2.36. The third-order valence-electron chi connectivity index (χ3n) is 4.68. The Labute approximate surface area is 146 Å². The average molecular weight is 340 g/mol. The van der Waals surface area contributed by atoms with Gasteiger partial charge < -0.3 is 14.4 Å². The molecule has 4 rings (SSSR count). The standard InChI is InChI=1S/C18H20N4O3/c1-13-2-3-14(9-21-13)17(23)22-11-18(12-22)8-15(4-7-24-18)25-16-10-19-5-6-20-16/h2-3,5-6,9-10,15H,4,7-8,11-12H2,1H3/t15-/m1/s1. The molecule has 4 heterocycles. The third kappa shape index (κ3) is 3.32. The van der Waals surface area contributed by atoms with Crippen LogP contribution in [0.15, 0.2) is 36.9 Å². The summed E-state index contributed by atoms with van der Waals surface area (Å²) in [5.74, 6) is 0.529. The second kappa shape index (κ2) is 6.40. The SMILES string of the molecule is Cc1ccc(C(=O)N2CC3(C[C@H](Oc4cnccn4)CCO3)C2)cn1. The fourth-order valence-corrected chi connectivity index (χ4v) is 3.39. The number of pyridine rings is 1. The number of carbonyl (C=O) groups excluding carboxylic acids is 1. The lowest BCUT2D eigenvalue weighted by atomic mass is 9.84. The van der Waals surface area contributed by atoms with E-state index < -0.39 is 0 Å². The van der Waals surface area contributed by atoms with E-state index in [1.54, 1.807) is 29.7 Å². The molecule has 25 heavy (non-hydrogen) atoms. The van der Waals surface area contributed by atoms with Crippen LogP contribution in [-0.4, -0.2) is 57.2 Å². The molecular weight excluding hydrogens is 320 g/mol. The fraction of sp³-hybridized carbons (Fsp3) is 0.444. The maximum atomic E-state index is 12.5. The summed E-state index contributed by atoms with van der Waals surface area (Å²) in [6.07, 6.45) is 8.07. The minimum absolute atomic E-state index is 0.00121. The molecule has 2 fully saturated rings. The molecule has 0 bridgehead atoms. The number of likely N-dealkylation sites (tertiary alicyclic amines) is 1. The van der Waals surface area contributed by atoms with Crippen LogP contribution in [0.25, 0.3) is 0 Å². The van der Waals surface area contributed by atoms with Crippen molar-refractivity contribution in [3.63, 3.8) is 0 Å². The zero-order valence-corrected chi connectivity index (χ0v) is 14.1. The molecule has 130 valence electrons. The molecule has 0 radical (unpaired) electrons. The predicted octanol–water partition coefficient (Wildman–Crippen LogP) is 1.63. The molecule has 0 saturated carbocycles. The Bertz CT molecular complexity index is 745. The lowest BCUT2D eigenvalue weighted by Crippen LogP contribution is -2.67. The molecule has 1 atom stereocenters. The number of ether oxygens (including phenoxy) is 2. The van der Waals surface area contributed by atoms with Crippen LogP contribution in [0.2, 0.25) is 0 Å². The number of carbonyl (C=O) groups is 1. The lowest BCUT2D eigenvalue weighted by Gasteiger charge is -2.52. The van der Waals surface area contributed by atoms with Crippen molar-refractivity contribution >= 4 is 5.91 Å². The molecule has 7 heteroatoms. The van der Waals surface area contributed by atoms with Gasteiger partial charge in [-0.25, -0.2) is 4.98 Å². The number of rotatable bonds is 3. The van der Waals surface area contributed by atoms with Gasteiger partial charge in [0.2, 0.25) is 5.88 Å². The van der Waals surface area contributed by atoms with Gasteiger partial charge in [0.05, 0.1) is 31.5 Å². The first-order valence-electron chi connectivity index (χ1n) is 8.42. The summed E-state index contributed by atoms with van der Waals surface area (Å²) in [5, 5.41) is 0. The molecular formula is C18H20N4O3. The molecule has 2 aliphatic heterocycles. The van der Waals surface area contributed by atoms with Crippen molar-refractivity contribution in [2.24, 2.45) is 0 Å². The monoisotopic (exact) mass is 340 g/mol. The van der Waals surface area contributed by atoms with Crippen LogP contribution in [0.4, 0.5) is 0 Å². The highest BCUT2D eigenvalue weighted by Gasteiger charge is 2.50. The number of aromatic nitrogens is 3. The highest BCUT2D eigenvalue weighted by molar-refractivity contribution is 5.94. The second-order valence-electron chi connectivity index (χ2n) is 6.66. The van der Waals surface area contributed by atoms with Gasteiger partial charge in [-0.15, -0.1) is 0 Å². The molecule has 1 amide bonds. The van der Waals surface area contributed by atoms with E-state index in [-0.39, 0.29) is 17.6 Å². The summed E-state index contributed by atoms with van der Waals surface area (Å²) >= 11 is 0. The molecule has 0 aliphatic carbocycles. The molecule has 2 saturated heterocycles.